The zero-order valence-electron chi connectivity index (χ0n) is 8.53. The van der Waals surface area contributed by atoms with Crippen molar-refractivity contribution >= 4 is 11.6 Å². The number of rotatable bonds is 1. The molecule has 1 heterocycles. The lowest BCUT2D eigenvalue weighted by Crippen LogP contribution is -2.28. The number of nitrogens with one attached hydrogen (secondary N) is 1. The Labute approximate surface area is 96.1 Å². The van der Waals surface area contributed by atoms with Crippen molar-refractivity contribution in [3.05, 3.63) is 56.2 Å². The fourth-order valence-corrected chi connectivity index (χ4v) is 1.72. The molecule has 1 aromatic heterocycles. The summed E-state index contributed by atoms with van der Waals surface area (Å²) in [6.07, 6.45) is 0. The molecular weight excluding hydrogens is 228 g/mol. The summed E-state index contributed by atoms with van der Waals surface area (Å²) >= 11 is 6.01. The van der Waals surface area contributed by atoms with Crippen LogP contribution in [0.5, 0.6) is 0 Å². The zero-order valence-corrected chi connectivity index (χ0v) is 9.28. The fraction of sp³-hybridized carbons (Fsp3) is 0.0909. The van der Waals surface area contributed by atoms with Crippen molar-refractivity contribution in [1.82, 2.24) is 9.55 Å². The van der Waals surface area contributed by atoms with Gasteiger partial charge in [0, 0.05) is 23.7 Å². The summed E-state index contributed by atoms with van der Waals surface area (Å²) in [5.74, 6) is 0. The van der Waals surface area contributed by atoms with E-state index in [1.165, 1.54) is 10.6 Å². The molecule has 0 aliphatic heterocycles. The second kappa shape index (κ2) is 3.98. The predicted octanol–water partition coefficient (Wildman–Crippen LogP) is 1.39. The van der Waals surface area contributed by atoms with Crippen LogP contribution in [-0.2, 0) is 7.05 Å². The molecule has 1 N–H and O–H groups in total. The molecule has 5 heteroatoms. The monoisotopic (exact) mass is 236 g/mol. The molecule has 0 bridgehead atoms. The van der Waals surface area contributed by atoms with Crippen molar-refractivity contribution in [1.29, 1.82) is 0 Å². The molecule has 0 spiro atoms. The summed E-state index contributed by atoms with van der Waals surface area (Å²) in [5.41, 5.74) is 0.273. The second-order valence-corrected chi connectivity index (χ2v) is 3.77. The van der Waals surface area contributed by atoms with E-state index in [4.69, 9.17) is 11.6 Å². The van der Waals surface area contributed by atoms with Crippen LogP contribution in [0.1, 0.15) is 0 Å². The Bertz CT molecular complexity index is 643. The van der Waals surface area contributed by atoms with E-state index in [9.17, 15) is 9.59 Å². The van der Waals surface area contributed by atoms with Gasteiger partial charge in [-0.15, -0.1) is 0 Å². The van der Waals surface area contributed by atoms with Gasteiger partial charge in [-0.3, -0.25) is 14.3 Å². The molecule has 2 aromatic rings. The number of aromatic amines is 1. The van der Waals surface area contributed by atoms with Crippen LogP contribution in [0.25, 0.3) is 11.3 Å². The predicted molar refractivity (Wildman–Crippen MR) is 62.7 cm³/mol. The Morgan fingerprint density at radius 1 is 1.25 bits per heavy atom. The Kier molecular flexibility index (Phi) is 2.66. The first-order valence-electron chi connectivity index (χ1n) is 4.65. The molecule has 82 valence electrons. The summed E-state index contributed by atoms with van der Waals surface area (Å²) < 4.78 is 1.35. The van der Waals surface area contributed by atoms with Crippen molar-refractivity contribution in [3.8, 4) is 11.3 Å². The van der Waals surface area contributed by atoms with Crippen LogP contribution in [0.4, 0.5) is 0 Å². The Hall–Kier alpha value is -1.81. The largest absolute Gasteiger partial charge is 0.328 e. The maximum absolute atomic E-state index is 11.4. The van der Waals surface area contributed by atoms with E-state index in [0.29, 0.717) is 16.3 Å². The molecule has 0 saturated heterocycles. The van der Waals surface area contributed by atoms with E-state index >= 15 is 0 Å². The molecule has 16 heavy (non-hydrogen) atoms. The first-order valence-corrected chi connectivity index (χ1v) is 5.02. The minimum absolute atomic E-state index is 0.432. The molecule has 0 aliphatic rings. The lowest BCUT2D eigenvalue weighted by Gasteiger charge is -2.08. The van der Waals surface area contributed by atoms with Gasteiger partial charge < -0.3 is 0 Å². The Morgan fingerprint density at radius 3 is 2.62 bits per heavy atom. The lowest BCUT2D eigenvalue weighted by atomic mass is 10.1. The SMILES string of the molecule is Cn1c(-c2ccccc2Cl)cc(=O)[nH]c1=O. The minimum atomic E-state index is -0.456. The summed E-state index contributed by atoms with van der Waals surface area (Å²) in [4.78, 5) is 24.8. The van der Waals surface area contributed by atoms with E-state index in [1.807, 2.05) is 0 Å². The molecule has 0 unspecified atom stereocenters. The van der Waals surface area contributed by atoms with Gasteiger partial charge in [-0.25, -0.2) is 4.79 Å². The van der Waals surface area contributed by atoms with Crippen molar-refractivity contribution < 1.29 is 0 Å². The molecule has 4 nitrogen and oxygen atoms in total. The maximum Gasteiger partial charge on any atom is 0.328 e. The average Bonchev–Trinajstić information content (AvgIpc) is 2.24. The van der Waals surface area contributed by atoms with E-state index in [1.54, 1.807) is 31.3 Å². The number of halogens is 1. The van der Waals surface area contributed by atoms with Crippen molar-refractivity contribution in [2.75, 3.05) is 0 Å². The summed E-state index contributed by atoms with van der Waals surface area (Å²) in [6, 6.07) is 8.41. The number of aromatic nitrogens is 2. The highest BCUT2D eigenvalue weighted by Gasteiger charge is 2.07. The first-order chi connectivity index (χ1) is 7.59. The van der Waals surface area contributed by atoms with Gasteiger partial charge in [-0.05, 0) is 6.07 Å². The zero-order chi connectivity index (χ0) is 11.7. The summed E-state index contributed by atoms with van der Waals surface area (Å²) in [7, 11) is 1.58. The van der Waals surface area contributed by atoms with Gasteiger partial charge in [0.1, 0.15) is 0 Å². The minimum Gasteiger partial charge on any atom is -0.296 e. The molecule has 0 amide bonds. The van der Waals surface area contributed by atoms with Crippen LogP contribution in [0.2, 0.25) is 5.02 Å². The molecule has 0 radical (unpaired) electrons. The number of hydrogen-bond donors (Lipinski definition) is 1. The third kappa shape index (κ3) is 1.79. The number of nitrogens with zero attached hydrogens (tertiary/aromatic N) is 1. The van der Waals surface area contributed by atoms with Crippen LogP contribution >= 0.6 is 11.6 Å². The second-order valence-electron chi connectivity index (χ2n) is 3.36. The highest BCUT2D eigenvalue weighted by molar-refractivity contribution is 6.33. The Balaban J connectivity index is 2.80. The van der Waals surface area contributed by atoms with E-state index in [0.717, 1.165) is 0 Å². The highest BCUT2D eigenvalue weighted by atomic mass is 35.5. The lowest BCUT2D eigenvalue weighted by molar-refractivity contribution is 0.809. The molecule has 0 saturated carbocycles. The molecule has 1 aromatic carbocycles. The summed E-state index contributed by atoms with van der Waals surface area (Å²) in [5, 5.41) is 0.503. The van der Waals surface area contributed by atoms with Gasteiger partial charge in [0.05, 0.1) is 5.69 Å². The van der Waals surface area contributed by atoms with Gasteiger partial charge in [0.15, 0.2) is 0 Å². The molecule has 0 fully saturated rings. The van der Waals surface area contributed by atoms with Crippen LogP contribution in [-0.4, -0.2) is 9.55 Å². The number of benzene rings is 1. The smallest absolute Gasteiger partial charge is 0.296 e. The van der Waals surface area contributed by atoms with Gasteiger partial charge >= 0.3 is 5.69 Å². The molecular formula is C11H9ClN2O2. The summed E-state index contributed by atoms with van der Waals surface area (Å²) in [6.45, 7) is 0. The van der Waals surface area contributed by atoms with Crippen LogP contribution in [0, 0.1) is 0 Å². The van der Waals surface area contributed by atoms with Gasteiger partial charge in [0.2, 0.25) is 0 Å². The number of hydrogen-bond acceptors (Lipinski definition) is 2. The molecule has 2 rings (SSSR count). The van der Waals surface area contributed by atoms with Crippen molar-refractivity contribution in [3.63, 3.8) is 0 Å². The third-order valence-corrected chi connectivity index (χ3v) is 2.64. The highest BCUT2D eigenvalue weighted by Crippen LogP contribution is 2.24. The maximum atomic E-state index is 11.4. The average molecular weight is 237 g/mol. The topological polar surface area (TPSA) is 54.9 Å². The Morgan fingerprint density at radius 2 is 1.94 bits per heavy atom. The van der Waals surface area contributed by atoms with Gasteiger partial charge in [0.25, 0.3) is 5.56 Å². The van der Waals surface area contributed by atoms with E-state index < -0.39 is 11.2 Å². The van der Waals surface area contributed by atoms with E-state index in [-0.39, 0.29) is 0 Å². The molecule has 0 atom stereocenters. The van der Waals surface area contributed by atoms with Crippen LogP contribution in [0.3, 0.4) is 0 Å². The van der Waals surface area contributed by atoms with E-state index in [2.05, 4.69) is 4.98 Å². The van der Waals surface area contributed by atoms with Crippen LogP contribution in [0.15, 0.2) is 39.9 Å². The van der Waals surface area contributed by atoms with Gasteiger partial charge in [-0.1, -0.05) is 29.8 Å². The quantitative estimate of drug-likeness (QED) is 0.814. The van der Waals surface area contributed by atoms with Crippen molar-refractivity contribution in [2.24, 2.45) is 7.05 Å². The fourth-order valence-electron chi connectivity index (χ4n) is 1.48. The normalized spacial score (nSPS) is 10.4. The standard InChI is InChI=1S/C11H9ClN2O2/c1-14-9(6-10(15)13-11(14)16)7-4-2-3-5-8(7)12/h2-6H,1H3,(H,13,15,16). The molecule has 0 aliphatic carbocycles. The first kappa shape index (κ1) is 10.7. The van der Waals surface area contributed by atoms with Crippen molar-refractivity contribution in [2.45, 2.75) is 0 Å². The van der Waals surface area contributed by atoms with Gasteiger partial charge in [-0.2, -0.15) is 0 Å². The number of H-pyrrole nitrogens is 1. The third-order valence-electron chi connectivity index (χ3n) is 2.31. The van der Waals surface area contributed by atoms with Crippen LogP contribution < -0.4 is 11.2 Å².